The normalized spacial score (nSPS) is 11.1. The molecule has 0 saturated heterocycles. The van der Waals surface area contributed by atoms with Crippen molar-refractivity contribution >= 4 is 51.4 Å². The maximum absolute atomic E-state index is 12.9. The van der Waals surface area contributed by atoms with Crippen LogP contribution >= 0.6 is 23.2 Å². The zero-order valence-corrected chi connectivity index (χ0v) is 22.8. The van der Waals surface area contributed by atoms with E-state index >= 15 is 0 Å². The third-order valence-corrected chi connectivity index (χ3v) is 6.80. The number of anilines is 2. The Balaban J connectivity index is 1.51. The Morgan fingerprint density at radius 2 is 1.65 bits per heavy atom. The van der Waals surface area contributed by atoms with Gasteiger partial charge in [-0.2, -0.15) is 0 Å². The highest BCUT2D eigenvalue weighted by Gasteiger charge is 2.19. The lowest BCUT2D eigenvalue weighted by Crippen LogP contribution is -2.16. The number of rotatable bonds is 10. The number of halogens is 2. The zero-order chi connectivity index (χ0) is 26.5. The number of nitrogens with one attached hydrogen (secondary N) is 3. The standard InChI is InChI=1S/C28H30Cl2N4O3/c1-34(2)13-5-12-31-19-9-6-17(7-10-19)28(35)33-22-16-32-21-14-18(8-11-20(21)22)25-26(29)23(36-3)15-24(37-4)27(25)30/h6-11,14-16,31-32H,5,12-13H2,1-4H3,(H,33,35). The van der Waals surface area contributed by atoms with E-state index in [2.05, 4.69) is 34.6 Å². The van der Waals surface area contributed by atoms with Crippen LogP contribution in [0.25, 0.3) is 22.0 Å². The molecule has 0 bridgehead atoms. The Bertz CT molecular complexity index is 1370. The predicted octanol–water partition coefficient (Wildman–Crippen LogP) is 6.77. The summed E-state index contributed by atoms with van der Waals surface area (Å²) in [5.41, 5.74) is 4.45. The monoisotopic (exact) mass is 540 g/mol. The number of hydrogen-bond acceptors (Lipinski definition) is 5. The average molecular weight is 541 g/mol. The number of ether oxygens (including phenoxy) is 2. The number of carbonyl (C=O) groups is 1. The molecule has 0 aliphatic carbocycles. The van der Waals surface area contributed by atoms with Gasteiger partial charge in [0.1, 0.15) is 11.5 Å². The second kappa shape index (κ2) is 11.8. The molecule has 0 atom stereocenters. The van der Waals surface area contributed by atoms with Gasteiger partial charge in [0.2, 0.25) is 0 Å². The molecule has 1 aromatic heterocycles. The second-order valence-electron chi connectivity index (χ2n) is 8.86. The van der Waals surface area contributed by atoms with Crippen LogP contribution in [0.1, 0.15) is 16.8 Å². The summed E-state index contributed by atoms with van der Waals surface area (Å²) in [6.45, 7) is 1.90. The summed E-state index contributed by atoms with van der Waals surface area (Å²) >= 11 is 13.2. The van der Waals surface area contributed by atoms with Crippen molar-refractivity contribution in [3.63, 3.8) is 0 Å². The van der Waals surface area contributed by atoms with Crippen molar-refractivity contribution in [2.45, 2.75) is 6.42 Å². The van der Waals surface area contributed by atoms with Crippen molar-refractivity contribution in [2.24, 2.45) is 0 Å². The Kier molecular flexibility index (Phi) is 8.48. The molecule has 3 N–H and O–H groups in total. The third-order valence-electron chi connectivity index (χ3n) is 6.05. The maximum Gasteiger partial charge on any atom is 0.255 e. The first kappa shape index (κ1) is 26.7. The van der Waals surface area contributed by atoms with Gasteiger partial charge in [-0.3, -0.25) is 4.79 Å². The fraction of sp³-hybridized carbons (Fsp3) is 0.250. The van der Waals surface area contributed by atoms with Crippen molar-refractivity contribution in [1.29, 1.82) is 0 Å². The number of H-pyrrole nitrogens is 1. The van der Waals surface area contributed by atoms with Crippen molar-refractivity contribution in [3.8, 4) is 22.6 Å². The number of fused-ring (bicyclic) bond motifs is 1. The van der Waals surface area contributed by atoms with Gasteiger partial charge in [0.25, 0.3) is 5.91 Å². The van der Waals surface area contributed by atoms with E-state index in [1.807, 2.05) is 42.5 Å². The molecule has 9 heteroatoms. The molecule has 0 unspecified atom stereocenters. The van der Waals surface area contributed by atoms with Crippen molar-refractivity contribution in [1.82, 2.24) is 9.88 Å². The summed E-state index contributed by atoms with van der Waals surface area (Å²) in [5.74, 6) is 0.743. The number of amides is 1. The highest BCUT2D eigenvalue weighted by molar-refractivity contribution is 6.41. The van der Waals surface area contributed by atoms with E-state index in [4.69, 9.17) is 32.7 Å². The first-order valence-electron chi connectivity index (χ1n) is 11.8. The summed E-state index contributed by atoms with van der Waals surface area (Å²) in [7, 11) is 7.20. The van der Waals surface area contributed by atoms with Crippen LogP contribution in [-0.4, -0.2) is 57.2 Å². The first-order valence-corrected chi connectivity index (χ1v) is 12.6. The minimum absolute atomic E-state index is 0.187. The van der Waals surface area contributed by atoms with E-state index in [0.717, 1.165) is 41.7 Å². The maximum atomic E-state index is 12.9. The molecule has 0 fully saturated rings. The van der Waals surface area contributed by atoms with Crippen LogP contribution in [0.5, 0.6) is 11.5 Å². The van der Waals surface area contributed by atoms with Gasteiger partial charge < -0.3 is 30.0 Å². The van der Waals surface area contributed by atoms with Crippen molar-refractivity contribution < 1.29 is 14.3 Å². The van der Waals surface area contributed by atoms with Gasteiger partial charge in [-0.25, -0.2) is 0 Å². The minimum Gasteiger partial charge on any atom is -0.495 e. The summed E-state index contributed by atoms with van der Waals surface area (Å²) < 4.78 is 10.8. The first-order chi connectivity index (χ1) is 17.8. The van der Waals surface area contributed by atoms with Gasteiger partial charge in [-0.1, -0.05) is 35.3 Å². The number of benzene rings is 3. The minimum atomic E-state index is -0.187. The number of nitrogens with zero attached hydrogens (tertiary/aromatic N) is 1. The van der Waals surface area contributed by atoms with E-state index in [0.29, 0.717) is 38.4 Å². The Hall–Kier alpha value is -3.39. The second-order valence-corrected chi connectivity index (χ2v) is 9.62. The molecule has 3 aromatic carbocycles. The van der Waals surface area contributed by atoms with E-state index in [-0.39, 0.29) is 5.91 Å². The summed E-state index contributed by atoms with van der Waals surface area (Å²) in [6, 6.07) is 14.9. The Labute approximate surface area is 226 Å². The number of methoxy groups -OCH3 is 2. The fourth-order valence-corrected chi connectivity index (χ4v) is 4.81. The Morgan fingerprint density at radius 3 is 2.27 bits per heavy atom. The molecule has 0 aliphatic heterocycles. The third kappa shape index (κ3) is 5.96. The molecule has 0 radical (unpaired) electrons. The number of carbonyl (C=O) groups excluding carboxylic acids is 1. The molecule has 0 aliphatic rings. The number of aromatic nitrogens is 1. The quantitative estimate of drug-likeness (QED) is 0.193. The van der Waals surface area contributed by atoms with E-state index in [1.165, 1.54) is 14.2 Å². The molecular formula is C28H30Cl2N4O3. The predicted molar refractivity (Wildman–Crippen MR) is 153 cm³/mol. The van der Waals surface area contributed by atoms with Gasteiger partial charge >= 0.3 is 0 Å². The van der Waals surface area contributed by atoms with Crippen molar-refractivity contribution in [2.75, 3.05) is 52.0 Å². The molecule has 1 heterocycles. The fourth-order valence-electron chi connectivity index (χ4n) is 4.09. The van der Waals surface area contributed by atoms with E-state index in [1.54, 1.807) is 12.3 Å². The topological polar surface area (TPSA) is 78.6 Å². The van der Waals surface area contributed by atoms with Crippen molar-refractivity contribution in [3.05, 3.63) is 70.3 Å². The van der Waals surface area contributed by atoms with Gasteiger partial charge in [-0.15, -0.1) is 0 Å². The number of hydrogen-bond donors (Lipinski definition) is 3. The summed E-state index contributed by atoms with van der Waals surface area (Å²) in [5, 5.41) is 8.02. The lowest BCUT2D eigenvalue weighted by atomic mass is 10.0. The summed E-state index contributed by atoms with van der Waals surface area (Å²) in [6.07, 6.45) is 2.81. The van der Waals surface area contributed by atoms with Crippen LogP contribution < -0.4 is 20.1 Å². The van der Waals surface area contributed by atoms with E-state index < -0.39 is 0 Å². The van der Waals surface area contributed by atoms with Crippen LogP contribution in [0.3, 0.4) is 0 Å². The molecule has 1 amide bonds. The highest BCUT2D eigenvalue weighted by atomic mass is 35.5. The highest BCUT2D eigenvalue weighted by Crippen LogP contribution is 2.46. The molecule has 37 heavy (non-hydrogen) atoms. The van der Waals surface area contributed by atoms with Gasteiger partial charge in [0.15, 0.2) is 0 Å². The largest absolute Gasteiger partial charge is 0.495 e. The number of aromatic amines is 1. The van der Waals surface area contributed by atoms with Crippen LogP contribution in [-0.2, 0) is 0 Å². The average Bonchev–Trinajstić information content (AvgIpc) is 3.29. The molecule has 194 valence electrons. The Morgan fingerprint density at radius 1 is 0.973 bits per heavy atom. The van der Waals surface area contributed by atoms with Crippen LogP contribution in [0.15, 0.2) is 54.7 Å². The molecule has 0 saturated carbocycles. The lowest BCUT2D eigenvalue weighted by molar-refractivity contribution is 0.102. The summed E-state index contributed by atoms with van der Waals surface area (Å²) in [4.78, 5) is 18.3. The molecule has 4 aromatic rings. The SMILES string of the molecule is COc1cc(OC)c(Cl)c(-c2ccc3c(NC(=O)c4ccc(NCCCN(C)C)cc4)c[nH]c3c2)c1Cl. The molecular weight excluding hydrogens is 511 g/mol. The zero-order valence-electron chi connectivity index (χ0n) is 21.2. The van der Waals surface area contributed by atoms with Crippen LogP contribution in [0, 0.1) is 0 Å². The van der Waals surface area contributed by atoms with Crippen LogP contribution in [0.2, 0.25) is 10.0 Å². The molecule has 7 nitrogen and oxygen atoms in total. The lowest BCUT2D eigenvalue weighted by Gasteiger charge is -2.15. The molecule has 4 rings (SSSR count). The smallest absolute Gasteiger partial charge is 0.255 e. The van der Waals surface area contributed by atoms with Gasteiger partial charge in [-0.05, 0) is 63.0 Å². The van der Waals surface area contributed by atoms with Gasteiger partial charge in [0, 0.05) is 46.5 Å². The van der Waals surface area contributed by atoms with E-state index in [9.17, 15) is 4.79 Å². The molecule has 0 spiro atoms. The van der Waals surface area contributed by atoms with Crippen LogP contribution in [0.4, 0.5) is 11.4 Å². The van der Waals surface area contributed by atoms with Gasteiger partial charge in [0.05, 0.1) is 30.0 Å².